The van der Waals surface area contributed by atoms with Crippen molar-refractivity contribution in [2.45, 2.75) is 19.3 Å². The predicted octanol–water partition coefficient (Wildman–Crippen LogP) is 3.86. The molecule has 0 unspecified atom stereocenters. The number of aromatic nitrogens is 1. The third-order valence-corrected chi connectivity index (χ3v) is 5.80. The first kappa shape index (κ1) is 21.5. The average molecular weight is 424 g/mol. The lowest BCUT2D eigenvalue weighted by atomic mass is 10.1. The predicted molar refractivity (Wildman–Crippen MR) is 120 cm³/mol. The fraction of sp³-hybridized carbons (Fsp3) is 0.217. The Morgan fingerprint density at radius 1 is 0.933 bits per heavy atom. The van der Waals surface area contributed by atoms with Gasteiger partial charge >= 0.3 is 0 Å². The largest absolute Gasteiger partial charge is 0.326 e. The molecule has 0 aliphatic heterocycles. The molecule has 1 aromatic heterocycles. The van der Waals surface area contributed by atoms with Crippen molar-refractivity contribution in [3.63, 3.8) is 0 Å². The molecule has 0 spiro atoms. The molecule has 1 amide bonds. The van der Waals surface area contributed by atoms with Crippen molar-refractivity contribution in [3.8, 4) is 0 Å². The zero-order valence-corrected chi connectivity index (χ0v) is 17.7. The van der Waals surface area contributed by atoms with Crippen molar-refractivity contribution in [2.24, 2.45) is 0 Å². The van der Waals surface area contributed by atoms with Crippen LogP contribution in [0, 0.1) is 0 Å². The van der Waals surface area contributed by atoms with Gasteiger partial charge in [0.05, 0.1) is 11.9 Å². The number of carbonyl (C=O) groups excluding carboxylic acids is 1. The van der Waals surface area contributed by atoms with Crippen LogP contribution >= 0.6 is 0 Å². The van der Waals surface area contributed by atoms with Gasteiger partial charge in [0, 0.05) is 31.0 Å². The molecule has 1 N–H and O–H groups in total. The van der Waals surface area contributed by atoms with E-state index in [2.05, 4.69) is 10.3 Å². The minimum atomic E-state index is -3.41. The number of nitrogens with one attached hydrogen (secondary N) is 1. The number of benzene rings is 2. The zero-order valence-electron chi connectivity index (χ0n) is 16.9. The van der Waals surface area contributed by atoms with Gasteiger partial charge in [-0.15, -0.1) is 0 Å². The van der Waals surface area contributed by atoms with Crippen LogP contribution in [0.25, 0.3) is 0 Å². The van der Waals surface area contributed by atoms with Gasteiger partial charge in [0.2, 0.25) is 15.9 Å². The molecule has 0 saturated heterocycles. The van der Waals surface area contributed by atoms with Gasteiger partial charge in [-0.1, -0.05) is 30.3 Å². The molecule has 0 saturated carbocycles. The summed E-state index contributed by atoms with van der Waals surface area (Å²) < 4.78 is 25.5. The highest BCUT2D eigenvalue weighted by molar-refractivity contribution is 7.92. The van der Waals surface area contributed by atoms with Crippen LogP contribution in [0.4, 0.5) is 11.4 Å². The lowest BCUT2D eigenvalue weighted by Crippen LogP contribution is -2.31. The molecule has 6 nitrogen and oxygen atoms in total. The Hall–Kier alpha value is -3.19. The van der Waals surface area contributed by atoms with Crippen molar-refractivity contribution in [2.75, 3.05) is 22.4 Å². The van der Waals surface area contributed by atoms with Crippen LogP contribution in [0.15, 0.2) is 79.1 Å². The first-order valence-electron chi connectivity index (χ1n) is 9.72. The number of para-hydroxylation sites is 1. The normalized spacial score (nSPS) is 11.1. The zero-order chi connectivity index (χ0) is 21.4. The first-order chi connectivity index (χ1) is 14.4. The van der Waals surface area contributed by atoms with Gasteiger partial charge in [0.25, 0.3) is 0 Å². The quantitative estimate of drug-likeness (QED) is 0.567. The summed E-state index contributed by atoms with van der Waals surface area (Å²) in [6, 6.07) is 20.6. The maximum absolute atomic E-state index is 12.3. The molecule has 3 rings (SSSR count). The van der Waals surface area contributed by atoms with E-state index in [9.17, 15) is 13.2 Å². The summed E-state index contributed by atoms with van der Waals surface area (Å²) in [4.78, 5) is 16.3. The SMILES string of the molecule is CS(=O)(=O)N(CCCC(=O)Nc1ccc(Cc2ccncc2)cc1)c1ccccc1. The number of anilines is 2. The van der Waals surface area contributed by atoms with Crippen LogP contribution in [-0.4, -0.2) is 32.1 Å². The molecule has 0 aliphatic rings. The van der Waals surface area contributed by atoms with E-state index < -0.39 is 10.0 Å². The van der Waals surface area contributed by atoms with E-state index in [1.807, 2.05) is 42.5 Å². The maximum Gasteiger partial charge on any atom is 0.232 e. The van der Waals surface area contributed by atoms with Gasteiger partial charge in [0.1, 0.15) is 0 Å². The van der Waals surface area contributed by atoms with Crippen molar-refractivity contribution in [3.05, 3.63) is 90.3 Å². The van der Waals surface area contributed by atoms with E-state index in [1.165, 1.54) is 16.1 Å². The monoisotopic (exact) mass is 423 g/mol. The fourth-order valence-electron chi connectivity index (χ4n) is 3.13. The van der Waals surface area contributed by atoms with Gasteiger partial charge in [0.15, 0.2) is 0 Å². The third-order valence-electron chi connectivity index (χ3n) is 4.60. The van der Waals surface area contributed by atoms with Crippen LogP contribution in [0.3, 0.4) is 0 Å². The van der Waals surface area contributed by atoms with Crippen LogP contribution in [0.2, 0.25) is 0 Å². The second-order valence-electron chi connectivity index (χ2n) is 7.05. The lowest BCUT2D eigenvalue weighted by molar-refractivity contribution is -0.116. The number of hydrogen-bond acceptors (Lipinski definition) is 4. The number of sulfonamides is 1. The van der Waals surface area contributed by atoms with E-state index in [1.54, 1.807) is 36.7 Å². The van der Waals surface area contributed by atoms with Crippen LogP contribution in [-0.2, 0) is 21.2 Å². The van der Waals surface area contributed by atoms with Gasteiger partial charge in [-0.25, -0.2) is 8.42 Å². The number of pyridine rings is 1. The summed E-state index contributed by atoms with van der Waals surface area (Å²) in [5, 5.41) is 2.87. The molecule has 0 aliphatic carbocycles. The number of amides is 1. The van der Waals surface area contributed by atoms with E-state index in [4.69, 9.17) is 0 Å². The lowest BCUT2D eigenvalue weighted by Gasteiger charge is -2.22. The van der Waals surface area contributed by atoms with Gasteiger partial charge in [-0.05, 0) is 60.4 Å². The average Bonchev–Trinajstić information content (AvgIpc) is 2.73. The van der Waals surface area contributed by atoms with E-state index in [0.717, 1.165) is 17.7 Å². The minimum Gasteiger partial charge on any atom is -0.326 e. The number of carbonyl (C=O) groups is 1. The van der Waals surface area contributed by atoms with Crippen molar-refractivity contribution in [1.82, 2.24) is 4.98 Å². The Balaban J connectivity index is 1.50. The van der Waals surface area contributed by atoms with Crippen molar-refractivity contribution >= 4 is 27.3 Å². The summed E-state index contributed by atoms with van der Waals surface area (Å²) in [7, 11) is -3.41. The van der Waals surface area contributed by atoms with Gasteiger partial charge < -0.3 is 5.32 Å². The molecule has 0 bridgehead atoms. The molecular formula is C23H25N3O3S. The molecule has 1 heterocycles. The Kier molecular flexibility index (Phi) is 7.19. The molecule has 0 radical (unpaired) electrons. The highest BCUT2D eigenvalue weighted by Crippen LogP contribution is 2.18. The maximum atomic E-state index is 12.3. The Morgan fingerprint density at radius 3 is 2.20 bits per heavy atom. The summed E-state index contributed by atoms with van der Waals surface area (Å²) in [6.45, 7) is 0.251. The highest BCUT2D eigenvalue weighted by atomic mass is 32.2. The second kappa shape index (κ2) is 10.0. The number of rotatable bonds is 9. The van der Waals surface area contributed by atoms with Crippen molar-refractivity contribution < 1.29 is 13.2 Å². The van der Waals surface area contributed by atoms with E-state index in [-0.39, 0.29) is 18.9 Å². The number of nitrogens with zero attached hydrogens (tertiary/aromatic N) is 2. The van der Waals surface area contributed by atoms with Gasteiger partial charge in [-0.2, -0.15) is 0 Å². The highest BCUT2D eigenvalue weighted by Gasteiger charge is 2.17. The summed E-state index contributed by atoms with van der Waals surface area (Å²) in [5.74, 6) is -0.140. The number of hydrogen-bond donors (Lipinski definition) is 1. The van der Waals surface area contributed by atoms with Crippen LogP contribution < -0.4 is 9.62 Å². The molecular weight excluding hydrogens is 398 g/mol. The minimum absolute atomic E-state index is 0.140. The Labute approximate surface area is 177 Å². The van der Waals surface area contributed by atoms with Gasteiger partial charge in [-0.3, -0.25) is 14.1 Å². The van der Waals surface area contributed by atoms with Crippen molar-refractivity contribution in [1.29, 1.82) is 0 Å². The Bertz CT molecular complexity index is 1050. The molecule has 2 aromatic carbocycles. The second-order valence-corrected chi connectivity index (χ2v) is 8.96. The first-order valence-corrected chi connectivity index (χ1v) is 11.6. The molecule has 30 heavy (non-hydrogen) atoms. The smallest absolute Gasteiger partial charge is 0.232 e. The summed E-state index contributed by atoms with van der Waals surface area (Å²) in [6.07, 6.45) is 6.18. The van der Waals surface area contributed by atoms with E-state index >= 15 is 0 Å². The molecule has 0 atom stereocenters. The topological polar surface area (TPSA) is 79.4 Å². The Morgan fingerprint density at radius 2 is 1.57 bits per heavy atom. The third kappa shape index (κ3) is 6.42. The summed E-state index contributed by atoms with van der Waals surface area (Å²) in [5.41, 5.74) is 3.65. The summed E-state index contributed by atoms with van der Waals surface area (Å²) >= 11 is 0. The molecule has 7 heteroatoms. The van der Waals surface area contributed by atoms with Crippen LogP contribution in [0.1, 0.15) is 24.0 Å². The molecule has 156 valence electrons. The van der Waals surface area contributed by atoms with Crippen LogP contribution in [0.5, 0.6) is 0 Å². The molecule has 3 aromatic rings. The molecule has 0 fully saturated rings. The van der Waals surface area contributed by atoms with E-state index in [0.29, 0.717) is 12.1 Å². The standard InChI is InChI=1S/C23H25N3O3S/c1-30(28,29)26(22-6-3-2-4-7-22)17-5-8-23(27)25-21-11-9-19(10-12-21)18-20-13-15-24-16-14-20/h2-4,6-7,9-16H,5,8,17-18H2,1H3,(H,25,27). The fourth-order valence-corrected chi connectivity index (χ4v) is 4.10.